The topological polar surface area (TPSA) is 98.0 Å². The first-order chi connectivity index (χ1) is 9.90. The predicted octanol–water partition coefficient (Wildman–Crippen LogP) is 3.25. The van der Waals surface area contributed by atoms with Gasteiger partial charge < -0.3 is 5.32 Å². The second kappa shape index (κ2) is 6.02. The van der Waals surface area contributed by atoms with Crippen LogP contribution in [0.25, 0.3) is 0 Å². The van der Waals surface area contributed by atoms with E-state index in [1.165, 1.54) is 18.2 Å². The monoisotopic (exact) mass is 326 g/mol. The van der Waals surface area contributed by atoms with Crippen LogP contribution in [0.15, 0.2) is 24.5 Å². The SMILES string of the molecule is Cc1ccc(C(=O)Nc2c(Cl)ncnc2Cl)cc1[N+](=O)[O-]. The van der Waals surface area contributed by atoms with Gasteiger partial charge in [0.15, 0.2) is 10.3 Å². The molecule has 0 fully saturated rings. The second-order valence-corrected chi connectivity index (χ2v) is 4.76. The number of carbonyl (C=O) groups is 1. The highest BCUT2D eigenvalue weighted by Crippen LogP contribution is 2.27. The molecule has 1 aromatic heterocycles. The summed E-state index contributed by atoms with van der Waals surface area (Å²) in [5.74, 6) is -0.600. The Hall–Kier alpha value is -2.25. The molecule has 0 saturated carbocycles. The van der Waals surface area contributed by atoms with Crippen LogP contribution < -0.4 is 5.32 Å². The molecule has 0 unspecified atom stereocenters. The minimum absolute atomic E-state index is 0.0232. The second-order valence-electron chi connectivity index (χ2n) is 4.04. The maximum Gasteiger partial charge on any atom is 0.273 e. The van der Waals surface area contributed by atoms with Gasteiger partial charge in [-0.05, 0) is 13.0 Å². The molecule has 1 aromatic carbocycles. The van der Waals surface area contributed by atoms with E-state index in [-0.39, 0.29) is 27.2 Å². The van der Waals surface area contributed by atoms with Crippen molar-refractivity contribution < 1.29 is 9.72 Å². The lowest BCUT2D eigenvalue weighted by Crippen LogP contribution is -2.13. The molecule has 2 rings (SSSR count). The number of rotatable bonds is 3. The van der Waals surface area contributed by atoms with Crippen LogP contribution in [0.1, 0.15) is 15.9 Å². The van der Waals surface area contributed by atoms with E-state index in [4.69, 9.17) is 23.2 Å². The Labute approximate surface area is 129 Å². The van der Waals surface area contributed by atoms with E-state index in [0.717, 1.165) is 6.33 Å². The van der Waals surface area contributed by atoms with E-state index in [1.54, 1.807) is 6.92 Å². The highest BCUT2D eigenvalue weighted by molar-refractivity contribution is 6.38. The minimum Gasteiger partial charge on any atom is -0.317 e. The molecule has 0 radical (unpaired) electrons. The van der Waals surface area contributed by atoms with Gasteiger partial charge >= 0.3 is 0 Å². The van der Waals surface area contributed by atoms with Gasteiger partial charge in [0.05, 0.1) is 4.92 Å². The fourth-order valence-electron chi connectivity index (χ4n) is 1.58. The number of nitrogens with zero attached hydrogens (tertiary/aromatic N) is 3. The van der Waals surface area contributed by atoms with Gasteiger partial charge in [0.2, 0.25) is 0 Å². The van der Waals surface area contributed by atoms with Crippen LogP contribution >= 0.6 is 23.2 Å². The van der Waals surface area contributed by atoms with E-state index in [0.29, 0.717) is 5.56 Å². The van der Waals surface area contributed by atoms with Crippen molar-refractivity contribution in [3.05, 3.63) is 56.1 Å². The quantitative estimate of drug-likeness (QED) is 0.530. The van der Waals surface area contributed by atoms with Gasteiger partial charge in [0.1, 0.15) is 12.0 Å². The number of benzene rings is 1. The third-order valence-electron chi connectivity index (χ3n) is 2.66. The Morgan fingerprint density at radius 2 is 1.90 bits per heavy atom. The van der Waals surface area contributed by atoms with Crippen molar-refractivity contribution in [2.75, 3.05) is 5.32 Å². The third-order valence-corrected chi connectivity index (χ3v) is 3.23. The van der Waals surface area contributed by atoms with E-state index in [9.17, 15) is 14.9 Å². The maximum atomic E-state index is 12.1. The summed E-state index contributed by atoms with van der Waals surface area (Å²) in [6.07, 6.45) is 1.15. The lowest BCUT2D eigenvalue weighted by molar-refractivity contribution is -0.385. The number of hydrogen-bond donors (Lipinski definition) is 1. The van der Waals surface area contributed by atoms with Crippen LogP contribution in [0.4, 0.5) is 11.4 Å². The summed E-state index contributed by atoms with van der Waals surface area (Å²) < 4.78 is 0. The summed E-state index contributed by atoms with van der Waals surface area (Å²) in [6.45, 7) is 1.58. The van der Waals surface area contributed by atoms with Crippen molar-refractivity contribution >= 4 is 40.5 Å². The number of aromatic nitrogens is 2. The number of nitro benzene ring substituents is 1. The molecule has 21 heavy (non-hydrogen) atoms. The summed E-state index contributed by atoms with van der Waals surface area (Å²) in [6, 6.07) is 4.12. The number of aryl methyl sites for hydroxylation is 1. The van der Waals surface area contributed by atoms with Crippen LogP contribution in [-0.2, 0) is 0 Å². The number of nitro groups is 1. The first kappa shape index (κ1) is 15.1. The standard InChI is InChI=1S/C12H8Cl2N4O3/c1-6-2-3-7(4-8(6)18(20)21)12(19)17-9-10(13)15-5-16-11(9)14/h2-5H,1H3,(H,17,19). The van der Waals surface area contributed by atoms with Crippen molar-refractivity contribution in [3.8, 4) is 0 Å². The Bertz CT molecular complexity index is 716. The number of nitrogens with one attached hydrogen (secondary N) is 1. The zero-order chi connectivity index (χ0) is 15.6. The summed E-state index contributed by atoms with van der Waals surface area (Å²) in [7, 11) is 0. The van der Waals surface area contributed by atoms with E-state index >= 15 is 0 Å². The Morgan fingerprint density at radius 1 is 1.29 bits per heavy atom. The summed E-state index contributed by atoms with van der Waals surface area (Å²) in [5.41, 5.74) is 0.456. The predicted molar refractivity (Wildman–Crippen MR) is 77.8 cm³/mol. The molecular weight excluding hydrogens is 319 g/mol. The minimum atomic E-state index is -0.600. The van der Waals surface area contributed by atoms with Gasteiger partial charge in [-0.3, -0.25) is 14.9 Å². The number of carbonyl (C=O) groups excluding carboxylic acids is 1. The Kier molecular flexibility index (Phi) is 4.35. The van der Waals surface area contributed by atoms with Crippen LogP contribution in [-0.4, -0.2) is 20.8 Å². The summed E-state index contributed by atoms with van der Waals surface area (Å²) in [4.78, 5) is 29.8. The van der Waals surface area contributed by atoms with Crippen molar-refractivity contribution in [1.82, 2.24) is 9.97 Å². The van der Waals surface area contributed by atoms with Crippen LogP contribution in [0, 0.1) is 17.0 Å². The number of amides is 1. The molecule has 0 atom stereocenters. The van der Waals surface area contributed by atoms with E-state index < -0.39 is 10.8 Å². The van der Waals surface area contributed by atoms with Crippen molar-refractivity contribution in [3.63, 3.8) is 0 Å². The molecule has 0 bridgehead atoms. The molecule has 0 spiro atoms. The normalized spacial score (nSPS) is 10.2. The smallest absolute Gasteiger partial charge is 0.273 e. The molecule has 108 valence electrons. The van der Waals surface area contributed by atoms with Crippen LogP contribution in [0.2, 0.25) is 10.3 Å². The number of hydrogen-bond acceptors (Lipinski definition) is 5. The number of anilines is 1. The summed E-state index contributed by atoms with van der Waals surface area (Å²) in [5, 5.41) is 13.3. The highest BCUT2D eigenvalue weighted by atomic mass is 35.5. The molecule has 1 amide bonds. The van der Waals surface area contributed by atoms with Crippen molar-refractivity contribution in [2.24, 2.45) is 0 Å². The van der Waals surface area contributed by atoms with Gasteiger partial charge in [-0.25, -0.2) is 9.97 Å². The Morgan fingerprint density at radius 3 is 2.48 bits per heavy atom. The molecule has 0 aliphatic carbocycles. The molecule has 0 aliphatic rings. The molecule has 1 heterocycles. The zero-order valence-electron chi connectivity index (χ0n) is 10.6. The average molecular weight is 327 g/mol. The molecular formula is C12H8Cl2N4O3. The van der Waals surface area contributed by atoms with Crippen molar-refractivity contribution in [2.45, 2.75) is 6.92 Å². The fraction of sp³-hybridized carbons (Fsp3) is 0.0833. The summed E-state index contributed by atoms with van der Waals surface area (Å²) >= 11 is 11.6. The average Bonchev–Trinajstić information content (AvgIpc) is 2.43. The van der Waals surface area contributed by atoms with Gasteiger partial charge in [0, 0.05) is 17.2 Å². The lowest BCUT2D eigenvalue weighted by atomic mass is 10.1. The molecule has 9 heteroatoms. The van der Waals surface area contributed by atoms with E-state index in [2.05, 4.69) is 15.3 Å². The molecule has 1 N–H and O–H groups in total. The molecule has 2 aromatic rings. The molecule has 0 saturated heterocycles. The first-order valence-electron chi connectivity index (χ1n) is 5.62. The van der Waals surface area contributed by atoms with E-state index in [1.807, 2.05) is 0 Å². The van der Waals surface area contributed by atoms with Gasteiger partial charge in [-0.15, -0.1) is 0 Å². The van der Waals surface area contributed by atoms with Gasteiger partial charge in [0.25, 0.3) is 11.6 Å². The van der Waals surface area contributed by atoms with Gasteiger partial charge in [-0.2, -0.15) is 0 Å². The Balaban J connectivity index is 2.33. The zero-order valence-corrected chi connectivity index (χ0v) is 12.1. The van der Waals surface area contributed by atoms with Crippen LogP contribution in [0.5, 0.6) is 0 Å². The first-order valence-corrected chi connectivity index (χ1v) is 6.38. The lowest BCUT2D eigenvalue weighted by Gasteiger charge is -2.08. The largest absolute Gasteiger partial charge is 0.317 e. The fourth-order valence-corrected chi connectivity index (χ4v) is 1.99. The third kappa shape index (κ3) is 3.26. The van der Waals surface area contributed by atoms with Crippen molar-refractivity contribution in [1.29, 1.82) is 0 Å². The molecule has 7 nitrogen and oxygen atoms in total. The molecule has 0 aliphatic heterocycles. The van der Waals surface area contributed by atoms with Crippen LogP contribution in [0.3, 0.4) is 0 Å². The highest BCUT2D eigenvalue weighted by Gasteiger charge is 2.17. The maximum absolute atomic E-state index is 12.1. The van der Waals surface area contributed by atoms with Gasteiger partial charge in [-0.1, -0.05) is 29.3 Å². The number of halogens is 2.